The summed E-state index contributed by atoms with van der Waals surface area (Å²) in [7, 11) is 0. The fourth-order valence-electron chi connectivity index (χ4n) is 2.49. The van der Waals surface area contributed by atoms with Gasteiger partial charge in [0.25, 0.3) is 5.56 Å². The van der Waals surface area contributed by atoms with Gasteiger partial charge in [-0.1, -0.05) is 38.1 Å². The summed E-state index contributed by atoms with van der Waals surface area (Å²) >= 11 is 1.73. The number of hydrogen-bond donors (Lipinski definition) is 2. The highest BCUT2D eigenvalue weighted by Crippen LogP contribution is 2.29. The van der Waals surface area contributed by atoms with Gasteiger partial charge in [-0.05, 0) is 34.9 Å². The molecule has 0 amide bonds. The second-order valence-corrected chi connectivity index (χ2v) is 6.46. The van der Waals surface area contributed by atoms with Crippen molar-refractivity contribution in [3.05, 3.63) is 63.1 Å². The average Bonchev–Trinajstić information content (AvgIpc) is 2.98. The summed E-state index contributed by atoms with van der Waals surface area (Å²) in [5, 5.41) is 7.23. The number of thiophene rings is 1. The maximum atomic E-state index is 12.1. The predicted molar refractivity (Wildman–Crippen MR) is 90.1 cm³/mol. The molecule has 3 rings (SSSR count). The van der Waals surface area contributed by atoms with Crippen LogP contribution in [0.1, 0.15) is 24.8 Å². The summed E-state index contributed by atoms with van der Waals surface area (Å²) in [6.07, 6.45) is 0. The highest BCUT2D eigenvalue weighted by molar-refractivity contribution is 7.10. The molecule has 1 unspecified atom stereocenters. The highest BCUT2D eigenvalue weighted by atomic mass is 32.1. The average molecular weight is 298 g/mol. The van der Waals surface area contributed by atoms with Crippen molar-refractivity contribution in [2.75, 3.05) is 5.32 Å². The SMILES string of the molecule is CC(C)C(Nc1cc2ccccc2c(=O)[nH]1)c1cccs1. The first-order chi connectivity index (χ1) is 10.1. The van der Waals surface area contributed by atoms with Crippen molar-refractivity contribution in [3.63, 3.8) is 0 Å². The van der Waals surface area contributed by atoms with Crippen LogP contribution in [0.5, 0.6) is 0 Å². The van der Waals surface area contributed by atoms with Gasteiger partial charge in [-0.25, -0.2) is 0 Å². The van der Waals surface area contributed by atoms with Gasteiger partial charge in [0.05, 0.1) is 6.04 Å². The monoisotopic (exact) mass is 298 g/mol. The van der Waals surface area contributed by atoms with E-state index in [1.165, 1.54) is 4.88 Å². The van der Waals surface area contributed by atoms with Crippen molar-refractivity contribution in [1.82, 2.24) is 4.98 Å². The Morgan fingerprint density at radius 1 is 1.14 bits per heavy atom. The van der Waals surface area contributed by atoms with Crippen LogP contribution in [-0.2, 0) is 0 Å². The van der Waals surface area contributed by atoms with Gasteiger partial charge in [-0.15, -0.1) is 11.3 Å². The first-order valence-electron chi connectivity index (χ1n) is 7.07. The molecular formula is C17H18N2OS. The maximum absolute atomic E-state index is 12.1. The van der Waals surface area contributed by atoms with Gasteiger partial charge in [-0.2, -0.15) is 0 Å². The molecule has 2 N–H and O–H groups in total. The summed E-state index contributed by atoms with van der Waals surface area (Å²) in [5.74, 6) is 1.20. The summed E-state index contributed by atoms with van der Waals surface area (Å²) in [5.41, 5.74) is -0.0516. The Labute approximate surface area is 127 Å². The third-order valence-corrected chi connectivity index (χ3v) is 4.54. The number of rotatable bonds is 4. The Morgan fingerprint density at radius 3 is 2.67 bits per heavy atom. The van der Waals surface area contributed by atoms with Gasteiger partial charge in [-0.3, -0.25) is 4.79 Å². The standard InChI is InChI=1S/C17H18N2OS/c1-11(2)16(14-8-5-9-21-14)18-15-10-12-6-3-4-7-13(12)17(20)19-15/h3-11,16H,1-2H3,(H2,18,19,20). The van der Waals surface area contributed by atoms with E-state index in [1.54, 1.807) is 11.3 Å². The molecule has 0 aliphatic heterocycles. The first-order valence-corrected chi connectivity index (χ1v) is 7.95. The maximum Gasteiger partial charge on any atom is 0.257 e. The number of H-pyrrole nitrogens is 1. The van der Waals surface area contributed by atoms with Crippen LogP contribution < -0.4 is 10.9 Å². The zero-order chi connectivity index (χ0) is 14.8. The number of nitrogens with one attached hydrogen (secondary N) is 2. The zero-order valence-corrected chi connectivity index (χ0v) is 12.9. The van der Waals surface area contributed by atoms with E-state index in [9.17, 15) is 4.79 Å². The largest absolute Gasteiger partial charge is 0.364 e. The molecular weight excluding hydrogens is 280 g/mol. The van der Waals surface area contributed by atoms with Gasteiger partial charge in [0.2, 0.25) is 0 Å². The number of fused-ring (bicyclic) bond motifs is 1. The Balaban J connectivity index is 1.98. The molecule has 0 saturated heterocycles. The first kappa shape index (κ1) is 13.9. The van der Waals surface area contributed by atoms with Crippen molar-refractivity contribution < 1.29 is 0 Å². The van der Waals surface area contributed by atoms with Crippen molar-refractivity contribution >= 4 is 27.9 Å². The van der Waals surface area contributed by atoms with Gasteiger partial charge < -0.3 is 10.3 Å². The smallest absolute Gasteiger partial charge is 0.257 e. The van der Waals surface area contributed by atoms with Crippen LogP contribution >= 0.6 is 11.3 Å². The molecule has 0 saturated carbocycles. The number of hydrogen-bond acceptors (Lipinski definition) is 3. The fraction of sp³-hybridized carbons (Fsp3) is 0.235. The molecule has 1 aromatic carbocycles. The fourth-order valence-corrected chi connectivity index (χ4v) is 3.44. The van der Waals surface area contributed by atoms with Crippen LogP contribution in [-0.4, -0.2) is 4.98 Å². The second-order valence-electron chi connectivity index (χ2n) is 5.48. The number of aromatic nitrogens is 1. The number of anilines is 1. The Hall–Kier alpha value is -2.07. The molecule has 3 aromatic rings. The van der Waals surface area contributed by atoms with E-state index in [0.29, 0.717) is 5.92 Å². The van der Waals surface area contributed by atoms with Crippen LogP contribution in [0.2, 0.25) is 0 Å². The van der Waals surface area contributed by atoms with Crippen molar-refractivity contribution in [1.29, 1.82) is 0 Å². The minimum Gasteiger partial charge on any atom is -0.364 e. The number of pyridine rings is 1. The predicted octanol–water partition coefficient (Wildman–Crippen LogP) is 4.40. The molecule has 21 heavy (non-hydrogen) atoms. The highest BCUT2D eigenvalue weighted by Gasteiger charge is 2.17. The van der Waals surface area contributed by atoms with Gasteiger partial charge >= 0.3 is 0 Å². The minimum atomic E-state index is -0.0516. The molecule has 0 radical (unpaired) electrons. The third-order valence-electron chi connectivity index (χ3n) is 3.58. The van der Waals surface area contributed by atoms with Crippen molar-refractivity contribution in [2.45, 2.75) is 19.9 Å². The molecule has 108 valence electrons. The lowest BCUT2D eigenvalue weighted by Crippen LogP contribution is -2.18. The van der Waals surface area contributed by atoms with Gasteiger partial charge in [0.1, 0.15) is 5.82 Å². The Morgan fingerprint density at radius 2 is 1.95 bits per heavy atom. The van der Waals surface area contributed by atoms with Crippen molar-refractivity contribution in [3.8, 4) is 0 Å². The Kier molecular flexibility index (Phi) is 3.80. The van der Waals surface area contributed by atoms with E-state index in [4.69, 9.17) is 0 Å². The lowest BCUT2D eigenvalue weighted by Gasteiger charge is -2.22. The van der Waals surface area contributed by atoms with Crippen LogP contribution in [0.25, 0.3) is 10.8 Å². The molecule has 2 aromatic heterocycles. The summed E-state index contributed by atoms with van der Waals surface area (Å²) < 4.78 is 0. The van der Waals surface area contributed by atoms with Gasteiger partial charge in [0.15, 0.2) is 0 Å². The summed E-state index contributed by atoms with van der Waals surface area (Å²) in [6.45, 7) is 4.35. The molecule has 0 bridgehead atoms. The quantitative estimate of drug-likeness (QED) is 0.750. The molecule has 0 aliphatic carbocycles. The zero-order valence-electron chi connectivity index (χ0n) is 12.1. The molecule has 0 spiro atoms. The third kappa shape index (κ3) is 2.85. The van der Waals surface area contributed by atoms with E-state index < -0.39 is 0 Å². The Bertz CT molecular complexity index is 790. The second kappa shape index (κ2) is 5.74. The lowest BCUT2D eigenvalue weighted by molar-refractivity contribution is 0.552. The minimum absolute atomic E-state index is 0.0516. The number of benzene rings is 1. The molecule has 1 atom stereocenters. The van der Waals surface area contributed by atoms with E-state index in [1.807, 2.05) is 30.3 Å². The van der Waals surface area contributed by atoms with Crippen LogP contribution in [0.15, 0.2) is 52.6 Å². The van der Waals surface area contributed by atoms with E-state index in [-0.39, 0.29) is 11.6 Å². The molecule has 0 aliphatic rings. The lowest BCUT2D eigenvalue weighted by atomic mass is 10.0. The van der Waals surface area contributed by atoms with E-state index in [2.05, 4.69) is 41.7 Å². The van der Waals surface area contributed by atoms with Crippen LogP contribution in [0, 0.1) is 5.92 Å². The topological polar surface area (TPSA) is 44.9 Å². The molecule has 0 fully saturated rings. The molecule has 3 nitrogen and oxygen atoms in total. The summed E-state index contributed by atoms with van der Waals surface area (Å²) in [4.78, 5) is 16.4. The van der Waals surface area contributed by atoms with Gasteiger partial charge in [0, 0.05) is 10.3 Å². The molecule has 4 heteroatoms. The van der Waals surface area contributed by atoms with Crippen LogP contribution in [0.3, 0.4) is 0 Å². The van der Waals surface area contributed by atoms with E-state index in [0.717, 1.165) is 16.6 Å². The van der Waals surface area contributed by atoms with Crippen LogP contribution in [0.4, 0.5) is 5.82 Å². The van der Waals surface area contributed by atoms with E-state index >= 15 is 0 Å². The van der Waals surface area contributed by atoms with Crippen molar-refractivity contribution in [2.24, 2.45) is 5.92 Å². The summed E-state index contributed by atoms with van der Waals surface area (Å²) in [6, 6.07) is 14.0. The normalized spacial score (nSPS) is 12.7. The molecule has 2 heterocycles. The number of aromatic amines is 1.